The third kappa shape index (κ3) is 4.10. The molecule has 28 heavy (non-hydrogen) atoms. The number of rotatable bonds is 5. The second kappa shape index (κ2) is 8.06. The first-order chi connectivity index (χ1) is 13.1. The summed E-state index contributed by atoms with van der Waals surface area (Å²) in [4.78, 5) is 34.2. The maximum absolute atomic E-state index is 13.8. The lowest BCUT2D eigenvalue weighted by Crippen LogP contribution is -2.44. The molecule has 9 nitrogen and oxygen atoms in total. The van der Waals surface area contributed by atoms with Gasteiger partial charge in [0.1, 0.15) is 11.7 Å². The van der Waals surface area contributed by atoms with Gasteiger partial charge >= 0.3 is 0 Å². The van der Waals surface area contributed by atoms with Crippen LogP contribution in [-0.2, 0) is 9.59 Å². The Morgan fingerprint density at radius 2 is 2.14 bits per heavy atom. The van der Waals surface area contributed by atoms with E-state index in [9.17, 15) is 29.4 Å². The average molecular weight is 403 g/mol. The summed E-state index contributed by atoms with van der Waals surface area (Å²) in [5, 5.41) is 34.2. The molecule has 1 aromatic rings. The van der Waals surface area contributed by atoms with E-state index in [-0.39, 0.29) is 27.7 Å². The zero-order valence-corrected chi connectivity index (χ0v) is 15.6. The molecular weight excluding hydrogens is 389 g/mol. The van der Waals surface area contributed by atoms with E-state index in [4.69, 9.17) is 5.26 Å². The Morgan fingerprint density at radius 3 is 2.71 bits per heavy atom. The van der Waals surface area contributed by atoms with Gasteiger partial charge in [-0.1, -0.05) is 25.6 Å². The van der Waals surface area contributed by atoms with Gasteiger partial charge in [-0.15, -0.1) is 0 Å². The number of carbonyl (C=O) groups is 2. The average Bonchev–Trinajstić information content (AvgIpc) is 2.61. The summed E-state index contributed by atoms with van der Waals surface area (Å²) < 4.78 is 13.8. The third-order valence-electron chi connectivity index (χ3n) is 4.12. The van der Waals surface area contributed by atoms with Crippen LogP contribution in [0, 0.1) is 49.9 Å². The van der Waals surface area contributed by atoms with E-state index in [0.29, 0.717) is 0 Å². The minimum Gasteiger partial charge on any atom is -0.323 e. The molecule has 1 heterocycles. The molecule has 11 heteroatoms. The molecule has 2 amide bonds. The number of nitro groups is 1. The van der Waals surface area contributed by atoms with Crippen LogP contribution in [0.2, 0.25) is 0 Å². The lowest BCUT2D eigenvalue weighted by atomic mass is 9.72. The van der Waals surface area contributed by atoms with Crippen molar-refractivity contribution in [3.05, 3.63) is 44.7 Å². The van der Waals surface area contributed by atoms with Gasteiger partial charge in [-0.05, 0) is 6.07 Å². The molecule has 0 aromatic heterocycles. The van der Waals surface area contributed by atoms with Crippen LogP contribution >= 0.6 is 11.8 Å². The van der Waals surface area contributed by atoms with E-state index in [0.717, 1.165) is 30.0 Å². The fraction of sp³-hybridized carbons (Fsp3) is 0.294. The summed E-state index contributed by atoms with van der Waals surface area (Å²) in [6, 6.07) is 6.54. The fourth-order valence-corrected chi connectivity index (χ4v) is 3.55. The predicted octanol–water partition coefficient (Wildman–Crippen LogP) is 2.44. The van der Waals surface area contributed by atoms with E-state index in [1.54, 1.807) is 13.8 Å². The zero-order chi connectivity index (χ0) is 21.1. The van der Waals surface area contributed by atoms with Gasteiger partial charge in [-0.25, -0.2) is 4.39 Å². The number of halogens is 1. The van der Waals surface area contributed by atoms with E-state index in [1.807, 2.05) is 12.1 Å². The molecule has 2 N–H and O–H groups in total. The fourth-order valence-electron chi connectivity index (χ4n) is 2.58. The topological polar surface area (TPSA) is 149 Å². The molecule has 1 aliphatic heterocycles. The number of nitro benzene ring substituents is 1. The van der Waals surface area contributed by atoms with Gasteiger partial charge in [-0.2, -0.15) is 10.5 Å². The minimum atomic E-state index is -1.06. The first-order valence-corrected chi connectivity index (χ1v) is 8.82. The number of nitrogens with zero attached hydrogens (tertiary/aromatic N) is 3. The molecule has 2 rings (SSSR count). The number of amides is 2. The SMILES string of the molecule is CC1(C)C(C#N)=C(SCC(=O)Nc2cc([N+](=O)[O-])ccc2F)NC(=O)[C@@H]1C#N. The number of nitriles is 2. The normalized spacial score (nSPS) is 17.9. The predicted molar refractivity (Wildman–Crippen MR) is 97.8 cm³/mol. The molecule has 0 saturated heterocycles. The van der Waals surface area contributed by atoms with E-state index >= 15 is 0 Å². The summed E-state index contributed by atoms with van der Waals surface area (Å²) in [5.74, 6) is -3.47. The van der Waals surface area contributed by atoms with Gasteiger partial charge in [0.25, 0.3) is 5.69 Å². The molecular formula is C17H14FN5O4S. The molecule has 0 bridgehead atoms. The molecule has 1 atom stereocenters. The quantitative estimate of drug-likeness (QED) is 0.566. The number of carbonyl (C=O) groups excluding carboxylic acids is 2. The minimum absolute atomic E-state index is 0.138. The Labute approximate surface area is 163 Å². The van der Waals surface area contributed by atoms with Crippen LogP contribution in [0.5, 0.6) is 0 Å². The zero-order valence-electron chi connectivity index (χ0n) is 14.8. The van der Waals surface area contributed by atoms with Crippen molar-refractivity contribution in [3.63, 3.8) is 0 Å². The number of benzene rings is 1. The van der Waals surface area contributed by atoms with Crippen LogP contribution < -0.4 is 10.6 Å². The second-order valence-corrected chi connectivity index (χ2v) is 7.33. The standard InChI is InChI=1S/C17H14FN5O4S/c1-17(2)10(6-19)15(25)22-16(11(17)7-20)28-8-14(24)21-13-5-9(23(26)27)3-4-12(13)18/h3-5,10H,8H2,1-2H3,(H,21,24)(H,22,25)/t10-/m0/s1. The smallest absolute Gasteiger partial charge is 0.271 e. The molecule has 0 unspecified atom stereocenters. The molecule has 0 saturated carbocycles. The molecule has 144 valence electrons. The Balaban J connectivity index is 2.16. The van der Waals surface area contributed by atoms with Crippen LogP contribution in [0.4, 0.5) is 15.8 Å². The van der Waals surface area contributed by atoms with Crippen LogP contribution in [0.25, 0.3) is 0 Å². The highest BCUT2D eigenvalue weighted by Gasteiger charge is 2.44. The maximum Gasteiger partial charge on any atom is 0.271 e. The number of hydrogen-bond acceptors (Lipinski definition) is 7. The Bertz CT molecular complexity index is 977. The molecule has 0 aliphatic carbocycles. The van der Waals surface area contributed by atoms with Gasteiger partial charge < -0.3 is 10.6 Å². The van der Waals surface area contributed by atoms with Gasteiger partial charge in [-0.3, -0.25) is 19.7 Å². The van der Waals surface area contributed by atoms with Gasteiger partial charge in [0.15, 0.2) is 0 Å². The Hall–Kier alpha value is -3.44. The highest BCUT2D eigenvalue weighted by atomic mass is 32.2. The lowest BCUT2D eigenvalue weighted by Gasteiger charge is -2.34. The van der Waals surface area contributed by atoms with Crippen molar-refractivity contribution in [1.29, 1.82) is 10.5 Å². The van der Waals surface area contributed by atoms with Crippen LogP contribution in [0.15, 0.2) is 28.8 Å². The van der Waals surface area contributed by atoms with Crippen LogP contribution in [0.1, 0.15) is 13.8 Å². The summed E-state index contributed by atoms with van der Waals surface area (Å²) in [6.45, 7) is 3.16. The second-order valence-electron chi connectivity index (χ2n) is 6.35. The van der Waals surface area contributed by atoms with Crippen LogP contribution in [0.3, 0.4) is 0 Å². The van der Waals surface area contributed by atoms with Crippen LogP contribution in [-0.4, -0.2) is 22.5 Å². The molecule has 1 aliphatic rings. The largest absolute Gasteiger partial charge is 0.323 e. The van der Waals surface area contributed by atoms with Gasteiger partial charge in [0, 0.05) is 17.5 Å². The summed E-state index contributed by atoms with van der Waals surface area (Å²) >= 11 is 0.840. The lowest BCUT2D eigenvalue weighted by molar-refractivity contribution is -0.384. The van der Waals surface area contributed by atoms with E-state index in [1.165, 1.54) is 0 Å². The number of hydrogen-bond donors (Lipinski definition) is 2. The first-order valence-electron chi connectivity index (χ1n) is 7.83. The van der Waals surface area contributed by atoms with Crippen molar-refractivity contribution in [2.75, 3.05) is 11.1 Å². The highest BCUT2D eigenvalue weighted by molar-refractivity contribution is 8.03. The monoisotopic (exact) mass is 403 g/mol. The van der Waals surface area contributed by atoms with Gasteiger partial charge in [0.2, 0.25) is 11.8 Å². The maximum atomic E-state index is 13.8. The van der Waals surface area contributed by atoms with E-state index in [2.05, 4.69) is 10.6 Å². The van der Waals surface area contributed by atoms with Crippen molar-refractivity contribution in [2.45, 2.75) is 13.8 Å². The number of nitrogens with one attached hydrogen (secondary N) is 2. The Kier molecular flexibility index (Phi) is 6.01. The van der Waals surface area contributed by atoms with Crippen molar-refractivity contribution in [1.82, 2.24) is 5.32 Å². The molecule has 0 spiro atoms. The summed E-state index contributed by atoms with van der Waals surface area (Å²) in [6.07, 6.45) is 0. The van der Waals surface area contributed by atoms with Crippen molar-refractivity contribution in [3.8, 4) is 12.1 Å². The molecule has 0 radical (unpaired) electrons. The van der Waals surface area contributed by atoms with Gasteiger partial charge in [0.05, 0.1) is 39.1 Å². The number of thioether (sulfide) groups is 1. The van der Waals surface area contributed by atoms with Crippen molar-refractivity contribution >= 4 is 35.0 Å². The Morgan fingerprint density at radius 1 is 1.46 bits per heavy atom. The summed E-state index contributed by atoms with van der Waals surface area (Å²) in [5.41, 5.74) is -1.64. The highest BCUT2D eigenvalue weighted by Crippen LogP contribution is 2.41. The third-order valence-corrected chi connectivity index (χ3v) is 5.12. The number of anilines is 1. The number of non-ortho nitro benzene ring substituents is 1. The molecule has 1 aromatic carbocycles. The van der Waals surface area contributed by atoms with Crippen molar-refractivity contribution in [2.24, 2.45) is 11.3 Å². The summed E-state index contributed by atoms with van der Waals surface area (Å²) in [7, 11) is 0. The van der Waals surface area contributed by atoms with Crippen molar-refractivity contribution < 1.29 is 18.9 Å². The molecule has 0 fully saturated rings. The number of allylic oxidation sites excluding steroid dienone is 1. The van der Waals surface area contributed by atoms with E-state index < -0.39 is 33.9 Å². The first kappa shape index (κ1) is 20.9.